The van der Waals surface area contributed by atoms with Crippen LogP contribution in [0.2, 0.25) is 0 Å². The van der Waals surface area contributed by atoms with Crippen LogP contribution in [0.15, 0.2) is 30.7 Å². The summed E-state index contributed by atoms with van der Waals surface area (Å²) in [6.45, 7) is 0. The maximum Gasteiger partial charge on any atom is 0.222 e. The van der Waals surface area contributed by atoms with E-state index < -0.39 is 0 Å². The number of carbonyl (C=O) groups is 1. The minimum Gasteiger partial charge on any atom is -0.349 e. The molecule has 0 aliphatic rings. The lowest BCUT2D eigenvalue weighted by Gasteiger charge is -2.09. The molecular formula is C15H22ClN3O. The van der Waals surface area contributed by atoms with E-state index in [1.807, 2.05) is 26.6 Å². The molecular weight excluding hydrogens is 274 g/mol. The number of amides is 1. The number of aryl methyl sites for hydroxylation is 1. The van der Waals surface area contributed by atoms with E-state index in [2.05, 4.69) is 27.6 Å². The summed E-state index contributed by atoms with van der Waals surface area (Å²) in [5, 5.41) is 0. The zero-order chi connectivity index (χ0) is 13.7. The Kier molecular flexibility index (Phi) is 6.52. The van der Waals surface area contributed by atoms with E-state index in [4.69, 9.17) is 0 Å². The van der Waals surface area contributed by atoms with Crippen LogP contribution in [-0.2, 0) is 11.2 Å². The van der Waals surface area contributed by atoms with Crippen molar-refractivity contribution in [2.24, 2.45) is 0 Å². The molecule has 0 fully saturated rings. The second-order valence-corrected chi connectivity index (χ2v) is 5.05. The highest BCUT2D eigenvalue weighted by molar-refractivity contribution is 5.85. The van der Waals surface area contributed by atoms with Crippen molar-refractivity contribution in [3.63, 3.8) is 0 Å². The number of carbonyl (C=O) groups excluding carboxylic acids is 1. The molecule has 0 atom stereocenters. The fourth-order valence-corrected chi connectivity index (χ4v) is 2.19. The van der Waals surface area contributed by atoms with Gasteiger partial charge in [-0.15, -0.1) is 12.4 Å². The number of hydrogen-bond acceptors (Lipinski definition) is 2. The zero-order valence-electron chi connectivity index (χ0n) is 12.1. The molecule has 2 aromatic heterocycles. The molecule has 0 saturated carbocycles. The van der Waals surface area contributed by atoms with E-state index in [9.17, 15) is 4.79 Å². The number of fused-ring (bicyclic) bond motifs is 1. The van der Waals surface area contributed by atoms with Crippen LogP contribution in [0.25, 0.3) is 5.52 Å². The monoisotopic (exact) mass is 295 g/mol. The molecule has 4 nitrogen and oxygen atoms in total. The minimum absolute atomic E-state index is 0. The Morgan fingerprint density at radius 3 is 2.80 bits per heavy atom. The summed E-state index contributed by atoms with van der Waals surface area (Å²) in [5.41, 5.74) is 2.43. The van der Waals surface area contributed by atoms with Crippen molar-refractivity contribution in [2.45, 2.75) is 32.1 Å². The molecule has 1 amide bonds. The Labute approximate surface area is 126 Å². The summed E-state index contributed by atoms with van der Waals surface area (Å²) in [4.78, 5) is 17.3. The van der Waals surface area contributed by atoms with E-state index in [0.717, 1.165) is 31.2 Å². The normalized spacial score (nSPS) is 10.3. The lowest BCUT2D eigenvalue weighted by atomic mass is 10.1. The molecule has 2 rings (SSSR count). The van der Waals surface area contributed by atoms with Gasteiger partial charge in [0, 0.05) is 26.2 Å². The first-order valence-corrected chi connectivity index (χ1v) is 6.78. The molecule has 0 bridgehead atoms. The molecule has 2 aromatic rings. The average Bonchev–Trinajstić information content (AvgIpc) is 2.87. The number of aromatic nitrogens is 2. The summed E-state index contributed by atoms with van der Waals surface area (Å²) in [6.07, 6.45) is 8.59. The lowest BCUT2D eigenvalue weighted by Crippen LogP contribution is -2.21. The van der Waals surface area contributed by atoms with Crippen LogP contribution >= 0.6 is 12.4 Å². The van der Waals surface area contributed by atoms with Gasteiger partial charge in [0.05, 0.1) is 18.0 Å². The maximum absolute atomic E-state index is 11.4. The van der Waals surface area contributed by atoms with Crippen molar-refractivity contribution in [3.8, 4) is 0 Å². The van der Waals surface area contributed by atoms with Crippen LogP contribution in [0.5, 0.6) is 0 Å². The van der Waals surface area contributed by atoms with Gasteiger partial charge in [0.1, 0.15) is 0 Å². The fourth-order valence-electron chi connectivity index (χ4n) is 2.19. The van der Waals surface area contributed by atoms with E-state index in [0.29, 0.717) is 6.42 Å². The molecule has 2 heterocycles. The molecule has 0 spiro atoms. The van der Waals surface area contributed by atoms with Crippen LogP contribution in [0.4, 0.5) is 0 Å². The SMILES string of the molecule is CN(C)C(=O)CCCCCc1cccc2cncn12.Cl. The van der Waals surface area contributed by atoms with E-state index >= 15 is 0 Å². The molecule has 0 aromatic carbocycles. The first-order chi connectivity index (χ1) is 9.18. The van der Waals surface area contributed by atoms with Crippen LogP contribution in [0.3, 0.4) is 0 Å². The molecule has 0 N–H and O–H groups in total. The predicted molar refractivity (Wildman–Crippen MR) is 83.3 cm³/mol. The fraction of sp³-hybridized carbons (Fsp3) is 0.467. The van der Waals surface area contributed by atoms with E-state index in [1.54, 1.807) is 4.90 Å². The highest BCUT2D eigenvalue weighted by Crippen LogP contribution is 2.11. The number of hydrogen-bond donors (Lipinski definition) is 0. The van der Waals surface area contributed by atoms with Gasteiger partial charge in [0.15, 0.2) is 0 Å². The number of halogens is 1. The second kappa shape index (κ2) is 7.90. The topological polar surface area (TPSA) is 37.6 Å². The largest absolute Gasteiger partial charge is 0.349 e. The number of imidazole rings is 1. The smallest absolute Gasteiger partial charge is 0.222 e. The average molecular weight is 296 g/mol. The lowest BCUT2D eigenvalue weighted by molar-refractivity contribution is -0.128. The molecule has 110 valence electrons. The third-order valence-electron chi connectivity index (χ3n) is 3.35. The Balaban J connectivity index is 0.00000200. The Hall–Kier alpha value is -1.55. The van der Waals surface area contributed by atoms with Gasteiger partial charge < -0.3 is 9.30 Å². The van der Waals surface area contributed by atoms with Crippen molar-refractivity contribution >= 4 is 23.8 Å². The quantitative estimate of drug-likeness (QED) is 0.769. The van der Waals surface area contributed by atoms with Crippen molar-refractivity contribution < 1.29 is 4.79 Å². The van der Waals surface area contributed by atoms with Gasteiger partial charge in [-0.3, -0.25) is 4.79 Å². The molecule has 20 heavy (non-hydrogen) atoms. The van der Waals surface area contributed by atoms with Crippen LogP contribution in [0, 0.1) is 0 Å². The van der Waals surface area contributed by atoms with Crippen LogP contribution < -0.4 is 0 Å². The molecule has 0 aliphatic heterocycles. The third kappa shape index (κ3) is 4.23. The predicted octanol–water partition coefficient (Wildman–Crippen LogP) is 2.95. The summed E-state index contributed by atoms with van der Waals surface area (Å²) in [5.74, 6) is 0.219. The molecule has 5 heteroatoms. The van der Waals surface area contributed by atoms with Gasteiger partial charge in [-0.25, -0.2) is 4.98 Å². The third-order valence-corrected chi connectivity index (χ3v) is 3.35. The molecule has 0 aliphatic carbocycles. The van der Waals surface area contributed by atoms with Crippen LogP contribution in [-0.4, -0.2) is 34.3 Å². The first kappa shape index (κ1) is 16.5. The maximum atomic E-state index is 11.4. The van der Waals surface area contributed by atoms with Gasteiger partial charge in [-0.05, 0) is 31.4 Å². The summed E-state index contributed by atoms with van der Waals surface area (Å²) in [6, 6.07) is 6.27. The summed E-state index contributed by atoms with van der Waals surface area (Å²) in [7, 11) is 3.62. The molecule has 0 unspecified atom stereocenters. The standard InChI is InChI=1S/C15H21N3O.ClH/c1-17(2)15(19)10-5-3-4-7-13-8-6-9-14-11-16-12-18(13)14;/h6,8-9,11-12H,3-5,7,10H2,1-2H3;1H. The molecule has 0 saturated heterocycles. The Morgan fingerprint density at radius 1 is 1.25 bits per heavy atom. The summed E-state index contributed by atoms with van der Waals surface area (Å²) >= 11 is 0. The zero-order valence-corrected chi connectivity index (χ0v) is 12.9. The van der Waals surface area contributed by atoms with Gasteiger partial charge in [-0.2, -0.15) is 0 Å². The van der Waals surface area contributed by atoms with Crippen molar-refractivity contribution in [1.29, 1.82) is 0 Å². The van der Waals surface area contributed by atoms with Crippen molar-refractivity contribution in [2.75, 3.05) is 14.1 Å². The highest BCUT2D eigenvalue weighted by Gasteiger charge is 2.04. The number of nitrogens with zero attached hydrogens (tertiary/aromatic N) is 3. The van der Waals surface area contributed by atoms with E-state index in [-0.39, 0.29) is 18.3 Å². The van der Waals surface area contributed by atoms with Crippen LogP contribution in [0.1, 0.15) is 31.4 Å². The van der Waals surface area contributed by atoms with Gasteiger partial charge >= 0.3 is 0 Å². The second-order valence-electron chi connectivity index (χ2n) is 5.05. The number of rotatable bonds is 6. The van der Waals surface area contributed by atoms with Gasteiger partial charge in [0.2, 0.25) is 5.91 Å². The van der Waals surface area contributed by atoms with E-state index in [1.165, 1.54) is 5.69 Å². The Morgan fingerprint density at radius 2 is 2.05 bits per heavy atom. The number of pyridine rings is 1. The van der Waals surface area contributed by atoms with Gasteiger partial charge in [0.25, 0.3) is 0 Å². The first-order valence-electron chi connectivity index (χ1n) is 6.78. The minimum atomic E-state index is 0. The molecule has 0 radical (unpaired) electrons. The highest BCUT2D eigenvalue weighted by atomic mass is 35.5. The number of unbranched alkanes of at least 4 members (excludes halogenated alkanes) is 2. The van der Waals surface area contributed by atoms with Crippen molar-refractivity contribution in [1.82, 2.24) is 14.3 Å². The summed E-state index contributed by atoms with van der Waals surface area (Å²) < 4.78 is 2.13. The Bertz CT molecular complexity index is 551. The van der Waals surface area contributed by atoms with Crippen molar-refractivity contribution in [3.05, 3.63) is 36.4 Å². The van der Waals surface area contributed by atoms with Gasteiger partial charge in [-0.1, -0.05) is 12.5 Å².